The fourth-order valence-electron chi connectivity index (χ4n) is 4.75. The summed E-state index contributed by atoms with van der Waals surface area (Å²) in [6, 6.07) is 11.8. The molecule has 0 spiro atoms. The first-order chi connectivity index (χ1) is 15.6. The van der Waals surface area contributed by atoms with E-state index in [2.05, 4.69) is 27.0 Å². The van der Waals surface area contributed by atoms with Gasteiger partial charge < -0.3 is 20.5 Å². The van der Waals surface area contributed by atoms with Gasteiger partial charge in [-0.2, -0.15) is 5.26 Å². The van der Waals surface area contributed by atoms with E-state index < -0.39 is 0 Å². The number of anilines is 2. The minimum Gasteiger partial charge on any atom is -0.363 e. The molecule has 1 saturated carbocycles. The number of nitrogens with one attached hydrogen (secondary N) is 3. The molecule has 0 radical (unpaired) electrons. The van der Waals surface area contributed by atoms with Crippen LogP contribution < -0.4 is 16.0 Å². The van der Waals surface area contributed by atoms with E-state index in [1.807, 2.05) is 54.3 Å². The molecule has 7 nitrogen and oxygen atoms in total. The molecule has 32 heavy (non-hydrogen) atoms. The Balaban J connectivity index is 1.32. The molecular weight excluding hydrogens is 400 g/mol. The van der Waals surface area contributed by atoms with E-state index in [0.29, 0.717) is 23.7 Å². The van der Waals surface area contributed by atoms with Gasteiger partial charge in [0.25, 0.3) is 5.91 Å². The van der Waals surface area contributed by atoms with Crippen LogP contribution in [-0.4, -0.2) is 21.6 Å². The monoisotopic (exact) mass is 426 g/mol. The summed E-state index contributed by atoms with van der Waals surface area (Å²) < 4.78 is 1.97. The molecule has 1 fully saturated rings. The van der Waals surface area contributed by atoms with Crippen LogP contribution in [0.25, 0.3) is 11.1 Å². The van der Waals surface area contributed by atoms with Crippen LogP contribution in [0.3, 0.4) is 0 Å². The lowest BCUT2D eigenvalue weighted by atomic mass is 10.0. The van der Waals surface area contributed by atoms with Crippen molar-refractivity contribution >= 4 is 17.3 Å². The number of aryl methyl sites for hydroxylation is 1. The Hall–Kier alpha value is -3.79. The SMILES string of the molecule is Cn1ccc(-c2cc(C#N)cc(CNC(=O)c3nccc4c3NC(C3CCCC3)N4)c2)c1. The highest BCUT2D eigenvalue weighted by Crippen LogP contribution is 2.38. The molecule has 1 aliphatic heterocycles. The highest BCUT2D eigenvalue weighted by molar-refractivity contribution is 6.01. The summed E-state index contributed by atoms with van der Waals surface area (Å²) in [4.78, 5) is 17.4. The third-order valence-electron chi connectivity index (χ3n) is 6.39. The van der Waals surface area contributed by atoms with Gasteiger partial charge in [0.05, 0.1) is 29.2 Å². The van der Waals surface area contributed by atoms with Crippen LogP contribution >= 0.6 is 0 Å². The van der Waals surface area contributed by atoms with Crippen molar-refractivity contribution in [1.82, 2.24) is 14.9 Å². The number of aromatic nitrogens is 2. The first kappa shape index (κ1) is 20.1. The number of benzene rings is 1. The molecule has 3 aromatic rings. The molecular formula is C25H26N6O. The predicted octanol–water partition coefficient (Wildman–Crippen LogP) is 4.24. The Morgan fingerprint density at radius 2 is 2.06 bits per heavy atom. The molecule has 162 valence electrons. The average Bonchev–Trinajstić information content (AvgIpc) is 3.57. The quantitative estimate of drug-likeness (QED) is 0.567. The minimum atomic E-state index is -0.230. The summed E-state index contributed by atoms with van der Waals surface area (Å²) in [5.41, 5.74) is 5.54. The average molecular weight is 427 g/mol. The summed E-state index contributed by atoms with van der Waals surface area (Å²) in [5.74, 6) is 0.343. The lowest BCUT2D eigenvalue weighted by Crippen LogP contribution is -2.30. The summed E-state index contributed by atoms with van der Waals surface area (Å²) in [6.07, 6.45) is 10.7. The lowest BCUT2D eigenvalue weighted by Gasteiger charge is -2.19. The van der Waals surface area contributed by atoms with E-state index in [4.69, 9.17) is 0 Å². The van der Waals surface area contributed by atoms with Gasteiger partial charge in [0.2, 0.25) is 0 Å². The van der Waals surface area contributed by atoms with Crippen LogP contribution in [0, 0.1) is 17.2 Å². The number of amides is 1. The van der Waals surface area contributed by atoms with Gasteiger partial charge in [0.1, 0.15) is 0 Å². The number of nitrogens with zero attached hydrogens (tertiary/aromatic N) is 3. The number of pyridine rings is 1. The third-order valence-corrected chi connectivity index (χ3v) is 6.39. The minimum absolute atomic E-state index is 0.156. The van der Waals surface area contributed by atoms with Crippen molar-refractivity contribution in [2.24, 2.45) is 13.0 Å². The second kappa shape index (κ2) is 8.39. The molecule has 7 heteroatoms. The molecule has 2 aliphatic rings. The molecule has 1 amide bonds. The Morgan fingerprint density at radius 1 is 1.22 bits per heavy atom. The maximum Gasteiger partial charge on any atom is 0.272 e. The van der Waals surface area contributed by atoms with Gasteiger partial charge in [-0.3, -0.25) is 4.79 Å². The molecule has 5 rings (SSSR count). The molecule has 0 saturated heterocycles. The summed E-state index contributed by atoms with van der Waals surface area (Å²) >= 11 is 0. The molecule has 0 bridgehead atoms. The number of carbonyl (C=O) groups excluding carboxylic acids is 1. The lowest BCUT2D eigenvalue weighted by molar-refractivity contribution is 0.0947. The largest absolute Gasteiger partial charge is 0.363 e. The topological polar surface area (TPSA) is 94.8 Å². The standard InChI is InChI=1S/C25H26N6O/c1-31-9-7-19(15-31)20-11-16(13-26)10-17(12-20)14-28-25(32)23-22-21(6-8-27-23)29-24(30-22)18-4-2-3-5-18/h6-12,15,18,24,29-30H,2-5,14H2,1H3,(H,28,32). The molecule has 1 unspecified atom stereocenters. The first-order valence-electron chi connectivity index (χ1n) is 11.1. The maximum atomic E-state index is 13.0. The highest BCUT2D eigenvalue weighted by atomic mass is 16.1. The van der Waals surface area contributed by atoms with Crippen LogP contribution in [0.4, 0.5) is 11.4 Å². The maximum absolute atomic E-state index is 13.0. The smallest absolute Gasteiger partial charge is 0.272 e. The van der Waals surface area contributed by atoms with Crippen LogP contribution in [0.15, 0.2) is 48.9 Å². The van der Waals surface area contributed by atoms with Crippen molar-refractivity contribution in [3.63, 3.8) is 0 Å². The van der Waals surface area contributed by atoms with Crippen molar-refractivity contribution in [3.05, 3.63) is 65.7 Å². The van der Waals surface area contributed by atoms with E-state index in [1.165, 1.54) is 25.7 Å². The third kappa shape index (κ3) is 3.92. The number of hydrogen-bond donors (Lipinski definition) is 3. The van der Waals surface area contributed by atoms with Crippen molar-refractivity contribution < 1.29 is 4.79 Å². The molecule has 1 atom stereocenters. The van der Waals surface area contributed by atoms with Gasteiger partial charge in [-0.1, -0.05) is 12.8 Å². The van der Waals surface area contributed by atoms with E-state index in [0.717, 1.165) is 28.1 Å². The van der Waals surface area contributed by atoms with Crippen molar-refractivity contribution in [1.29, 1.82) is 5.26 Å². The van der Waals surface area contributed by atoms with Crippen LogP contribution in [-0.2, 0) is 13.6 Å². The molecule has 3 N–H and O–H groups in total. The van der Waals surface area contributed by atoms with Gasteiger partial charge in [-0.05, 0) is 65.8 Å². The highest BCUT2D eigenvalue weighted by Gasteiger charge is 2.32. The van der Waals surface area contributed by atoms with Gasteiger partial charge >= 0.3 is 0 Å². The normalized spacial score (nSPS) is 17.3. The van der Waals surface area contributed by atoms with Gasteiger partial charge in [-0.25, -0.2) is 4.98 Å². The fourth-order valence-corrected chi connectivity index (χ4v) is 4.75. The number of rotatable bonds is 5. The van der Waals surface area contributed by atoms with Crippen LogP contribution in [0.2, 0.25) is 0 Å². The van der Waals surface area contributed by atoms with Gasteiger partial charge in [0.15, 0.2) is 5.69 Å². The molecule has 1 aliphatic carbocycles. The summed E-state index contributed by atoms with van der Waals surface area (Å²) in [6.45, 7) is 0.318. The van der Waals surface area contributed by atoms with Gasteiger partial charge in [-0.15, -0.1) is 0 Å². The van der Waals surface area contributed by atoms with Crippen molar-refractivity contribution in [2.45, 2.75) is 38.4 Å². The van der Waals surface area contributed by atoms with E-state index in [1.54, 1.807) is 6.20 Å². The Bertz CT molecular complexity index is 1200. The van der Waals surface area contributed by atoms with Crippen molar-refractivity contribution in [3.8, 4) is 17.2 Å². The zero-order valence-corrected chi connectivity index (χ0v) is 18.1. The zero-order valence-electron chi connectivity index (χ0n) is 18.1. The summed E-state index contributed by atoms with van der Waals surface area (Å²) in [5, 5.41) is 19.4. The van der Waals surface area contributed by atoms with Gasteiger partial charge in [0, 0.05) is 32.2 Å². The predicted molar refractivity (Wildman–Crippen MR) is 124 cm³/mol. The first-order valence-corrected chi connectivity index (χ1v) is 11.1. The van der Waals surface area contributed by atoms with E-state index in [9.17, 15) is 10.1 Å². The number of hydrogen-bond acceptors (Lipinski definition) is 5. The van der Waals surface area contributed by atoms with E-state index in [-0.39, 0.29) is 12.1 Å². The Labute approximate surface area is 187 Å². The number of carbonyl (C=O) groups is 1. The molecule has 2 aromatic heterocycles. The fraction of sp³-hybridized carbons (Fsp3) is 0.320. The second-order valence-corrected chi connectivity index (χ2v) is 8.67. The van der Waals surface area contributed by atoms with Crippen molar-refractivity contribution in [2.75, 3.05) is 10.6 Å². The van der Waals surface area contributed by atoms with Crippen LogP contribution in [0.5, 0.6) is 0 Å². The summed E-state index contributed by atoms with van der Waals surface area (Å²) in [7, 11) is 1.96. The molecule has 3 heterocycles. The number of nitriles is 1. The molecule has 1 aromatic carbocycles. The second-order valence-electron chi connectivity index (χ2n) is 8.67. The van der Waals surface area contributed by atoms with E-state index >= 15 is 0 Å². The Morgan fingerprint density at radius 3 is 2.81 bits per heavy atom. The number of fused-ring (bicyclic) bond motifs is 1. The van der Waals surface area contributed by atoms with Crippen LogP contribution in [0.1, 0.15) is 47.3 Å². The zero-order chi connectivity index (χ0) is 22.1. The Kier molecular flexibility index (Phi) is 5.28.